The van der Waals surface area contributed by atoms with Crippen molar-refractivity contribution in [3.05, 3.63) is 53.0 Å². The van der Waals surface area contributed by atoms with Crippen molar-refractivity contribution in [1.82, 2.24) is 0 Å². The van der Waals surface area contributed by atoms with Crippen LogP contribution in [-0.2, 0) is 9.59 Å². The molecule has 0 heterocycles. The molecule has 0 aliphatic heterocycles. The lowest BCUT2D eigenvalue weighted by molar-refractivity contribution is -0.117. The zero-order valence-electron chi connectivity index (χ0n) is 13.6. The number of benzene rings is 2. The Morgan fingerprint density at radius 3 is 2.42 bits per heavy atom. The average molecular weight is 391 g/mol. The largest absolute Gasteiger partial charge is 0.495 e. The molecule has 0 aromatic heterocycles. The van der Waals surface area contributed by atoms with Crippen molar-refractivity contribution in [1.29, 1.82) is 0 Å². The Kier molecular flexibility index (Phi) is 6.37. The van der Waals surface area contributed by atoms with E-state index >= 15 is 0 Å². The molecule has 1 N–H and O–H groups in total. The number of nitrogens with one attached hydrogen (secondary N) is 1. The van der Waals surface area contributed by atoms with Crippen LogP contribution in [0, 0.1) is 0 Å². The van der Waals surface area contributed by atoms with Gasteiger partial charge in [0.2, 0.25) is 11.8 Å². The second kappa shape index (κ2) is 8.49. The van der Waals surface area contributed by atoms with E-state index in [0.29, 0.717) is 18.0 Å². The number of ether oxygens (including phenoxy) is 1. The van der Waals surface area contributed by atoms with Gasteiger partial charge >= 0.3 is 0 Å². The summed E-state index contributed by atoms with van der Waals surface area (Å²) in [5.74, 6) is 0.312. The van der Waals surface area contributed by atoms with Crippen molar-refractivity contribution in [2.24, 2.45) is 0 Å². The van der Waals surface area contributed by atoms with E-state index in [1.54, 1.807) is 24.1 Å². The molecule has 0 aliphatic rings. The molecule has 126 valence electrons. The summed E-state index contributed by atoms with van der Waals surface area (Å²) in [6.45, 7) is 1.79. The Bertz CT molecular complexity index is 716. The SMILES string of the molecule is COc1ccccc1NC(=O)CCN(C(C)=O)c1ccc(Br)cc1. The number of anilines is 2. The van der Waals surface area contributed by atoms with E-state index in [9.17, 15) is 9.59 Å². The Labute approximate surface area is 149 Å². The lowest BCUT2D eigenvalue weighted by atomic mass is 10.2. The van der Waals surface area contributed by atoms with Crippen LogP contribution < -0.4 is 15.0 Å². The highest BCUT2D eigenvalue weighted by molar-refractivity contribution is 9.10. The van der Waals surface area contributed by atoms with Gasteiger partial charge in [0.05, 0.1) is 12.8 Å². The number of amides is 2. The normalized spacial score (nSPS) is 10.1. The van der Waals surface area contributed by atoms with Gasteiger partial charge in [-0.05, 0) is 36.4 Å². The van der Waals surface area contributed by atoms with Crippen molar-refractivity contribution >= 4 is 39.1 Å². The molecule has 0 saturated heterocycles. The molecule has 2 rings (SSSR count). The number of hydrogen-bond donors (Lipinski definition) is 1. The van der Waals surface area contributed by atoms with E-state index < -0.39 is 0 Å². The van der Waals surface area contributed by atoms with Crippen LogP contribution >= 0.6 is 15.9 Å². The van der Waals surface area contributed by atoms with Crippen LogP contribution in [0.3, 0.4) is 0 Å². The third-order valence-corrected chi connectivity index (χ3v) is 3.99. The summed E-state index contributed by atoms with van der Waals surface area (Å²) in [6, 6.07) is 14.6. The fraction of sp³-hybridized carbons (Fsp3) is 0.222. The van der Waals surface area contributed by atoms with E-state index in [4.69, 9.17) is 4.74 Å². The monoisotopic (exact) mass is 390 g/mol. The quantitative estimate of drug-likeness (QED) is 0.814. The number of hydrogen-bond acceptors (Lipinski definition) is 3. The fourth-order valence-electron chi connectivity index (χ4n) is 2.26. The zero-order valence-corrected chi connectivity index (χ0v) is 15.2. The first-order valence-electron chi connectivity index (χ1n) is 7.48. The predicted octanol–water partition coefficient (Wildman–Crippen LogP) is 3.84. The summed E-state index contributed by atoms with van der Waals surface area (Å²) in [5, 5.41) is 2.81. The maximum absolute atomic E-state index is 12.2. The van der Waals surface area contributed by atoms with Gasteiger partial charge in [-0.25, -0.2) is 0 Å². The lowest BCUT2D eigenvalue weighted by Gasteiger charge is -2.21. The van der Waals surface area contributed by atoms with Crippen molar-refractivity contribution in [2.75, 3.05) is 23.9 Å². The molecule has 0 radical (unpaired) electrons. The summed E-state index contributed by atoms with van der Waals surface area (Å²) in [6.07, 6.45) is 0.188. The second-order valence-electron chi connectivity index (χ2n) is 5.15. The molecular formula is C18H19BrN2O3. The molecule has 0 fully saturated rings. The first-order chi connectivity index (χ1) is 11.5. The Morgan fingerprint density at radius 2 is 1.79 bits per heavy atom. The van der Waals surface area contributed by atoms with Crippen LogP contribution in [0.15, 0.2) is 53.0 Å². The Balaban J connectivity index is 2.00. The van der Waals surface area contributed by atoms with E-state index in [-0.39, 0.29) is 18.2 Å². The first kappa shape index (κ1) is 18.0. The number of nitrogens with zero attached hydrogens (tertiary/aromatic N) is 1. The molecule has 0 saturated carbocycles. The maximum Gasteiger partial charge on any atom is 0.226 e. The van der Waals surface area contributed by atoms with Crippen molar-refractivity contribution in [2.45, 2.75) is 13.3 Å². The van der Waals surface area contributed by atoms with Crippen LogP contribution in [0.25, 0.3) is 0 Å². The summed E-state index contributed by atoms with van der Waals surface area (Å²) >= 11 is 3.37. The van der Waals surface area contributed by atoms with E-state index in [2.05, 4.69) is 21.2 Å². The topological polar surface area (TPSA) is 58.6 Å². The molecule has 0 unspecified atom stereocenters. The summed E-state index contributed by atoms with van der Waals surface area (Å²) in [7, 11) is 1.55. The molecule has 2 amide bonds. The molecule has 24 heavy (non-hydrogen) atoms. The predicted molar refractivity (Wildman–Crippen MR) is 98.4 cm³/mol. The van der Waals surface area contributed by atoms with Gasteiger partial charge in [-0.2, -0.15) is 0 Å². The van der Waals surface area contributed by atoms with E-state index in [1.165, 1.54) is 6.92 Å². The smallest absolute Gasteiger partial charge is 0.226 e. The second-order valence-corrected chi connectivity index (χ2v) is 6.06. The van der Waals surface area contributed by atoms with Crippen LogP contribution in [0.5, 0.6) is 5.75 Å². The van der Waals surface area contributed by atoms with E-state index in [0.717, 1.165) is 10.2 Å². The summed E-state index contributed by atoms with van der Waals surface area (Å²) < 4.78 is 6.14. The number of carbonyl (C=O) groups excluding carboxylic acids is 2. The molecule has 6 heteroatoms. The third-order valence-electron chi connectivity index (χ3n) is 3.46. The highest BCUT2D eigenvalue weighted by Crippen LogP contribution is 2.23. The number of methoxy groups -OCH3 is 1. The molecule has 0 atom stereocenters. The van der Waals surface area contributed by atoms with Gasteiger partial charge in [-0.3, -0.25) is 9.59 Å². The van der Waals surface area contributed by atoms with Crippen LogP contribution in [0.4, 0.5) is 11.4 Å². The average Bonchev–Trinajstić information content (AvgIpc) is 2.57. The van der Waals surface area contributed by atoms with E-state index in [1.807, 2.05) is 36.4 Å². The minimum absolute atomic E-state index is 0.109. The molecule has 5 nitrogen and oxygen atoms in total. The first-order valence-corrected chi connectivity index (χ1v) is 8.27. The molecule has 0 spiro atoms. The number of para-hydroxylation sites is 2. The van der Waals surface area contributed by atoms with Gasteiger partial charge in [0.15, 0.2) is 0 Å². The molecule has 0 bridgehead atoms. The van der Waals surface area contributed by atoms with Gasteiger partial charge in [0, 0.05) is 30.0 Å². The maximum atomic E-state index is 12.2. The number of carbonyl (C=O) groups is 2. The van der Waals surface area contributed by atoms with Crippen LogP contribution in [0.2, 0.25) is 0 Å². The Hall–Kier alpha value is -2.34. The third kappa shape index (κ3) is 4.83. The Morgan fingerprint density at radius 1 is 1.12 bits per heavy atom. The van der Waals surface area contributed by atoms with Crippen LogP contribution in [0.1, 0.15) is 13.3 Å². The molecule has 2 aromatic carbocycles. The van der Waals surface area contributed by atoms with Gasteiger partial charge in [-0.1, -0.05) is 28.1 Å². The van der Waals surface area contributed by atoms with Gasteiger partial charge in [-0.15, -0.1) is 0 Å². The van der Waals surface area contributed by atoms with Gasteiger partial charge in [0.25, 0.3) is 0 Å². The fourth-order valence-corrected chi connectivity index (χ4v) is 2.53. The number of rotatable bonds is 6. The minimum atomic E-state index is -0.178. The van der Waals surface area contributed by atoms with Crippen molar-refractivity contribution in [3.8, 4) is 5.75 Å². The standard InChI is InChI=1S/C18H19BrN2O3/c1-13(22)21(15-9-7-14(19)8-10-15)12-11-18(23)20-16-5-3-4-6-17(16)24-2/h3-10H,11-12H2,1-2H3,(H,20,23). The summed E-state index contributed by atoms with van der Waals surface area (Å²) in [4.78, 5) is 25.6. The van der Waals surface area contributed by atoms with Gasteiger partial charge < -0.3 is 15.0 Å². The molecular weight excluding hydrogens is 372 g/mol. The highest BCUT2D eigenvalue weighted by Gasteiger charge is 2.14. The molecule has 0 aliphatic carbocycles. The van der Waals surface area contributed by atoms with Crippen molar-refractivity contribution in [3.63, 3.8) is 0 Å². The van der Waals surface area contributed by atoms with Gasteiger partial charge in [0.1, 0.15) is 5.75 Å². The zero-order chi connectivity index (χ0) is 17.5. The number of halogens is 1. The molecule has 2 aromatic rings. The lowest BCUT2D eigenvalue weighted by Crippen LogP contribution is -2.31. The summed E-state index contributed by atoms with van der Waals surface area (Å²) in [5.41, 5.74) is 1.37. The van der Waals surface area contributed by atoms with Crippen molar-refractivity contribution < 1.29 is 14.3 Å². The minimum Gasteiger partial charge on any atom is -0.495 e. The van der Waals surface area contributed by atoms with Crippen LogP contribution in [-0.4, -0.2) is 25.5 Å². The highest BCUT2D eigenvalue weighted by atomic mass is 79.9.